The Bertz CT molecular complexity index is 594. The molecule has 4 nitrogen and oxygen atoms in total. The van der Waals surface area contributed by atoms with Gasteiger partial charge in [0.15, 0.2) is 0 Å². The Kier molecular flexibility index (Phi) is 5.82. The quantitative estimate of drug-likeness (QED) is 0.725. The number of anilines is 1. The second-order valence-corrected chi connectivity index (χ2v) is 7.06. The molecule has 0 saturated carbocycles. The summed E-state index contributed by atoms with van der Waals surface area (Å²) in [5.41, 5.74) is 2.16. The maximum Gasteiger partial charge on any atom is 0.242 e. The van der Waals surface area contributed by atoms with Crippen molar-refractivity contribution >= 4 is 15.7 Å². The van der Waals surface area contributed by atoms with Gasteiger partial charge in [-0.15, -0.1) is 0 Å². The molecular weight excluding hydrogens is 284 g/mol. The SMILES string of the molecule is CCCNS(=O)(=O)c1ccccc1NCCC1=CCCC1. The molecule has 0 aromatic heterocycles. The maximum atomic E-state index is 12.3. The summed E-state index contributed by atoms with van der Waals surface area (Å²) < 4.78 is 27.2. The molecule has 0 bridgehead atoms. The molecular formula is C16H24N2O2S. The van der Waals surface area contributed by atoms with E-state index < -0.39 is 10.0 Å². The standard InChI is InChI=1S/C16H24N2O2S/c1-2-12-18-21(19,20)16-10-6-5-9-15(16)17-13-11-14-7-3-4-8-14/h5-7,9-10,17-18H,2-4,8,11-13H2,1H3. The van der Waals surface area contributed by atoms with Gasteiger partial charge in [0.1, 0.15) is 4.90 Å². The monoisotopic (exact) mass is 308 g/mol. The van der Waals surface area contributed by atoms with Crippen LogP contribution in [0.5, 0.6) is 0 Å². The first-order valence-corrected chi connectivity index (χ1v) is 9.12. The van der Waals surface area contributed by atoms with Crippen LogP contribution in [-0.2, 0) is 10.0 Å². The highest BCUT2D eigenvalue weighted by Crippen LogP contribution is 2.23. The van der Waals surface area contributed by atoms with Gasteiger partial charge in [-0.05, 0) is 44.2 Å². The van der Waals surface area contributed by atoms with Crippen molar-refractivity contribution in [1.29, 1.82) is 0 Å². The van der Waals surface area contributed by atoms with E-state index in [-0.39, 0.29) is 0 Å². The van der Waals surface area contributed by atoms with Gasteiger partial charge in [-0.1, -0.05) is 30.7 Å². The van der Waals surface area contributed by atoms with Crippen LogP contribution in [0.2, 0.25) is 0 Å². The average Bonchev–Trinajstić information content (AvgIpc) is 2.99. The van der Waals surface area contributed by atoms with E-state index in [1.807, 2.05) is 19.1 Å². The summed E-state index contributed by atoms with van der Waals surface area (Å²) in [6.07, 6.45) is 7.68. The molecule has 0 amide bonds. The molecule has 5 heteroatoms. The summed E-state index contributed by atoms with van der Waals surface area (Å²) in [7, 11) is -3.43. The third kappa shape index (κ3) is 4.58. The third-order valence-electron chi connectivity index (χ3n) is 3.62. The van der Waals surface area contributed by atoms with Crippen molar-refractivity contribution in [3.63, 3.8) is 0 Å². The fourth-order valence-corrected chi connectivity index (χ4v) is 3.80. The molecule has 0 spiro atoms. The topological polar surface area (TPSA) is 58.2 Å². The van der Waals surface area contributed by atoms with E-state index in [0.717, 1.165) is 19.4 Å². The van der Waals surface area contributed by atoms with E-state index in [1.165, 1.54) is 24.8 Å². The van der Waals surface area contributed by atoms with Crippen molar-refractivity contribution in [2.24, 2.45) is 0 Å². The molecule has 2 rings (SSSR count). The minimum atomic E-state index is -3.43. The van der Waals surface area contributed by atoms with Crippen LogP contribution >= 0.6 is 0 Å². The minimum Gasteiger partial charge on any atom is -0.384 e. The fourth-order valence-electron chi connectivity index (χ4n) is 2.48. The van der Waals surface area contributed by atoms with E-state index in [0.29, 0.717) is 17.1 Å². The average molecular weight is 308 g/mol. The van der Waals surface area contributed by atoms with E-state index in [1.54, 1.807) is 12.1 Å². The molecule has 1 aliphatic carbocycles. The first-order chi connectivity index (χ1) is 10.1. The number of rotatable bonds is 8. The molecule has 2 N–H and O–H groups in total. The highest BCUT2D eigenvalue weighted by atomic mass is 32.2. The Morgan fingerprint density at radius 2 is 2.00 bits per heavy atom. The normalized spacial score (nSPS) is 15.0. The molecule has 0 fully saturated rings. The smallest absolute Gasteiger partial charge is 0.242 e. The lowest BCUT2D eigenvalue weighted by Crippen LogP contribution is -2.25. The summed E-state index contributed by atoms with van der Waals surface area (Å²) in [6, 6.07) is 7.08. The Balaban J connectivity index is 2.02. The molecule has 21 heavy (non-hydrogen) atoms. The number of para-hydroxylation sites is 1. The zero-order valence-electron chi connectivity index (χ0n) is 12.6. The van der Waals surface area contributed by atoms with Gasteiger partial charge >= 0.3 is 0 Å². The van der Waals surface area contributed by atoms with Gasteiger partial charge in [0.05, 0.1) is 5.69 Å². The molecule has 0 atom stereocenters. The van der Waals surface area contributed by atoms with Gasteiger partial charge in [0, 0.05) is 13.1 Å². The van der Waals surface area contributed by atoms with Crippen molar-refractivity contribution in [2.45, 2.75) is 43.9 Å². The summed E-state index contributed by atoms with van der Waals surface area (Å²) in [4.78, 5) is 0.332. The van der Waals surface area contributed by atoms with Crippen LogP contribution in [0.25, 0.3) is 0 Å². The van der Waals surface area contributed by atoms with Crippen LogP contribution in [0.4, 0.5) is 5.69 Å². The van der Waals surface area contributed by atoms with Gasteiger partial charge in [-0.25, -0.2) is 13.1 Å². The number of sulfonamides is 1. The van der Waals surface area contributed by atoms with Crippen molar-refractivity contribution in [2.75, 3.05) is 18.4 Å². The van der Waals surface area contributed by atoms with Crippen LogP contribution in [0, 0.1) is 0 Å². The number of nitrogens with one attached hydrogen (secondary N) is 2. The highest BCUT2D eigenvalue weighted by molar-refractivity contribution is 7.89. The number of hydrogen-bond donors (Lipinski definition) is 2. The van der Waals surface area contributed by atoms with Gasteiger partial charge in [0.25, 0.3) is 0 Å². The molecule has 0 heterocycles. The minimum absolute atomic E-state index is 0.332. The number of benzene rings is 1. The Morgan fingerprint density at radius 1 is 1.19 bits per heavy atom. The third-order valence-corrected chi connectivity index (χ3v) is 5.13. The lowest BCUT2D eigenvalue weighted by Gasteiger charge is -2.13. The van der Waals surface area contributed by atoms with Gasteiger partial charge < -0.3 is 5.32 Å². The molecule has 1 aliphatic rings. The van der Waals surface area contributed by atoms with E-state index in [2.05, 4.69) is 16.1 Å². The second-order valence-electron chi connectivity index (χ2n) is 5.33. The van der Waals surface area contributed by atoms with E-state index >= 15 is 0 Å². The Morgan fingerprint density at radius 3 is 2.71 bits per heavy atom. The zero-order valence-corrected chi connectivity index (χ0v) is 13.4. The van der Waals surface area contributed by atoms with Gasteiger partial charge in [-0.2, -0.15) is 0 Å². The second kappa shape index (κ2) is 7.61. The molecule has 0 aliphatic heterocycles. The van der Waals surface area contributed by atoms with Crippen molar-refractivity contribution in [3.05, 3.63) is 35.9 Å². The predicted molar refractivity (Wildman–Crippen MR) is 87.0 cm³/mol. The lowest BCUT2D eigenvalue weighted by atomic mass is 10.1. The number of hydrogen-bond acceptors (Lipinski definition) is 3. The van der Waals surface area contributed by atoms with Crippen molar-refractivity contribution in [1.82, 2.24) is 4.72 Å². The van der Waals surface area contributed by atoms with Crippen LogP contribution in [0.1, 0.15) is 39.0 Å². The van der Waals surface area contributed by atoms with Crippen LogP contribution in [0.15, 0.2) is 40.8 Å². The molecule has 1 aromatic carbocycles. The molecule has 0 saturated heterocycles. The van der Waals surface area contributed by atoms with Crippen LogP contribution < -0.4 is 10.0 Å². The van der Waals surface area contributed by atoms with Crippen LogP contribution in [-0.4, -0.2) is 21.5 Å². The Labute approximate surface area is 127 Å². The van der Waals surface area contributed by atoms with Crippen molar-refractivity contribution in [3.8, 4) is 0 Å². The van der Waals surface area contributed by atoms with E-state index in [9.17, 15) is 8.42 Å². The summed E-state index contributed by atoms with van der Waals surface area (Å²) in [6.45, 7) is 3.18. The summed E-state index contributed by atoms with van der Waals surface area (Å²) >= 11 is 0. The highest BCUT2D eigenvalue weighted by Gasteiger charge is 2.17. The van der Waals surface area contributed by atoms with Gasteiger partial charge in [-0.3, -0.25) is 0 Å². The fraction of sp³-hybridized carbons (Fsp3) is 0.500. The first kappa shape index (κ1) is 16.0. The van der Waals surface area contributed by atoms with Gasteiger partial charge in [0.2, 0.25) is 10.0 Å². The summed E-state index contributed by atoms with van der Waals surface area (Å²) in [5, 5.41) is 3.26. The zero-order chi connectivity index (χ0) is 15.1. The lowest BCUT2D eigenvalue weighted by molar-refractivity contribution is 0.581. The maximum absolute atomic E-state index is 12.3. The summed E-state index contributed by atoms with van der Waals surface area (Å²) in [5.74, 6) is 0. The molecule has 116 valence electrons. The largest absolute Gasteiger partial charge is 0.384 e. The van der Waals surface area contributed by atoms with Crippen LogP contribution in [0.3, 0.4) is 0 Å². The molecule has 0 unspecified atom stereocenters. The molecule has 1 aromatic rings. The Hall–Kier alpha value is -1.33. The van der Waals surface area contributed by atoms with Crippen molar-refractivity contribution < 1.29 is 8.42 Å². The number of allylic oxidation sites excluding steroid dienone is 1. The molecule has 0 radical (unpaired) electrons. The first-order valence-electron chi connectivity index (χ1n) is 7.64. The van der Waals surface area contributed by atoms with E-state index in [4.69, 9.17) is 0 Å². The predicted octanol–water partition coefficient (Wildman–Crippen LogP) is 3.29.